The van der Waals surface area contributed by atoms with Crippen LogP contribution in [0.2, 0.25) is 0 Å². The summed E-state index contributed by atoms with van der Waals surface area (Å²) in [6.45, 7) is 0. The minimum absolute atomic E-state index is 0.870. The van der Waals surface area contributed by atoms with Crippen LogP contribution in [0.1, 0.15) is 0 Å². The van der Waals surface area contributed by atoms with Gasteiger partial charge in [0, 0.05) is 5.33 Å². The Hall–Kier alpha value is 0.830. The minimum atomic E-state index is 0.870. The first kappa shape index (κ1) is 4.98. The minimum Gasteiger partial charge on any atom is -0.161 e. The SMILES string of the molecule is Br[CH]C1CSC1. The van der Waals surface area contributed by atoms with Crippen molar-refractivity contribution >= 4 is 27.7 Å². The number of rotatable bonds is 1. The second-order valence-electron chi connectivity index (χ2n) is 1.42. The lowest BCUT2D eigenvalue weighted by Gasteiger charge is -2.21. The summed E-state index contributed by atoms with van der Waals surface area (Å²) in [7, 11) is 0. The smallest absolute Gasteiger partial charge is 0.0318 e. The van der Waals surface area contributed by atoms with Gasteiger partial charge < -0.3 is 0 Å². The Labute approximate surface area is 50.8 Å². The molecular weight excluding hydrogens is 160 g/mol. The van der Waals surface area contributed by atoms with Gasteiger partial charge in [-0.05, 0) is 17.4 Å². The third-order valence-electron chi connectivity index (χ3n) is 0.842. The van der Waals surface area contributed by atoms with Gasteiger partial charge >= 0.3 is 0 Å². The molecule has 0 atom stereocenters. The van der Waals surface area contributed by atoms with Crippen LogP contribution in [0.3, 0.4) is 0 Å². The molecule has 1 aliphatic rings. The Bertz CT molecular complexity index is 40.1. The zero-order valence-electron chi connectivity index (χ0n) is 3.36. The monoisotopic (exact) mass is 165 g/mol. The zero-order chi connectivity index (χ0) is 4.41. The van der Waals surface area contributed by atoms with Crippen LogP contribution in [-0.2, 0) is 0 Å². The van der Waals surface area contributed by atoms with Crippen molar-refractivity contribution in [3.8, 4) is 0 Å². The number of hydrogen-bond donors (Lipinski definition) is 0. The van der Waals surface area contributed by atoms with Crippen LogP contribution in [0.5, 0.6) is 0 Å². The second-order valence-corrected chi connectivity index (χ2v) is 3.03. The molecule has 0 N–H and O–H groups in total. The Kier molecular flexibility index (Phi) is 1.84. The van der Waals surface area contributed by atoms with Crippen molar-refractivity contribution in [2.45, 2.75) is 0 Å². The summed E-state index contributed by atoms with van der Waals surface area (Å²) < 4.78 is 0. The molecule has 0 spiro atoms. The largest absolute Gasteiger partial charge is 0.161 e. The Morgan fingerprint density at radius 2 is 2.33 bits per heavy atom. The van der Waals surface area contributed by atoms with Gasteiger partial charge in [0.15, 0.2) is 0 Å². The van der Waals surface area contributed by atoms with Gasteiger partial charge in [0.2, 0.25) is 0 Å². The van der Waals surface area contributed by atoms with Crippen molar-refractivity contribution in [3.63, 3.8) is 0 Å². The fraction of sp³-hybridized carbons (Fsp3) is 0.750. The highest BCUT2D eigenvalue weighted by molar-refractivity contribution is 9.10. The standard InChI is InChI=1S/C4H6BrS/c5-1-4-2-6-3-4/h1,4H,2-3H2. The number of halogens is 1. The zero-order valence-corrected chi connectivity index (χ0v) is 5.76. The molecule has 1 heterocycles. The lowest BCUT2D eigenvalue weighted by Crippen LogP contribution is -2.15. The van der Waals surface area contributed by atoms with Gasteiger partial charge in [0.25, 0.3) is 0 Å². The van der Waals surface area contributed by atoms with E-state index in [1.54, 1.807) is 0 Å². The van der Waals surface area contributed by atoms with Crippen LogP contribution in [0, 0.1) is 11.2 Å². The molecule has 0 amide bonds. The predicted molar refractivity (Wildman–Crippen MR) is 34.0 cm³/mol. The molecule has 1 rings (SSSR count). The van der Waals surface area contributed by atoms with E-state index in [2.05, 4.69) is 21.3 Å². The van der Waals surface area contributed by atoms with Crippen LogP contribution in [-0.4, -0.2) is 11.5 Å². The van der Waals surface area contributed by atoms with Crippen molar-refractivity contribution < 1.29 is 0 Å². The van der Waals surface area contributed by atoms with E-state index >= 15 is 0 Å². The maximum absolute atomic E-state index is 3.29. The number of hydrogen-bond acceptors (Lipinski definition) is 1. The van der Waals surface area contributed by atoms with E-state index in [1.165, 1.54) is 11.5 Å². The molecule has 2 heteroatoms. The van der Waals surface area contributed by atoms with Crippen molar-refractivity contribution in [2.75, 3.05) is 11.5 Å². The molecule has 0 aromatic heterocycles. The van der Waals surface area contributed by atoms with Crippen molar-refractivity contribution in [3.05, 3.63) is 5.33 Å². The van der Waals surface area contributed by atoms with Gasteiger partial charge in [-0.3, -0.25) is 0 Å². The summed E-state index contributed by atoms with van der Waals surface area (Å²) >= 11 is 5.30. The summed E-state index contributed by atoms with van der Waals surface area (Å²) in [6.07, 6.45) is 0. The van der Waals surface area contributed by atoms with Crippen molar-refractivity contribution in [1.82, 2.24) is 0 Å². The normalized spacial score (nSPS) is 23.5. The Morgan fingerprint density at radius 3 is 2.33 bits per heavy atom. The van der Waals surface area contributed by atoms with Gasteiger partial charge in [-0.15, -0.1) is 0 Å². The summed E-state index contributed by atoms with van der Waals surface area (Å²) in [6, 6.07) is 0. The van der Waals surface area contributed by atoms with E-state index in [4.69, 9.17) is 0 Å². The molecule has 1 saturated heterocycles. The van der Waals surface area contributed by atoms with Crippen LogP contribution in [0.15, 0.2) is 0 Å². The van der Waals surface area contributed by atoms with Crippen LogP contribution >= 0.6 is 27.7 Å². The van der Waals surface area contributed by atoms with Crippen molar-refractivity contribution in [1.29, 1.82) is 0 Å². The highest BCUT2D eigenvalue weighted by atomic mass is 79.9. The summed E-state index contributed by atoms with van der Waals surface area (Å²) in [5.41, 5.74) is 0. The van der Waals surface area contributed by atoms with E-state index in [-0.39, 0.29) is 0 Å². The maximum atomic E-state index is 3.29. The molecule has 0 saturated carbocycles. The fourth-order valence-electron chi connectivity index (χ4n) is 0.327. The second kappa shape index (κ2) is 2.22. The first-order valence-corrected chi connectivity index (χ1v) is 4.02. The number of thioether (sulfide) groups is 1. The lowest BCUT2D eigenvalue weighted by molar-refractivity contribution is 0.799. The topological polar surface area (TPSA) is 0 Å². The van der Waals surface area contributed by atoms with E-state index in [0.29, 0.717) is 0 Å². The van der Waals surface area contributed by atoms with Crippen LogP contribution in [0.25, 0.3) is 0 Å². The van der Waals surface area contributed by atoms with Crippen molar-refractivity contribution in [2.24, 2.45) is 5.92 Å². The maximum Gasteiger partial charge on any atom is 0.0318 e. The summed E-state index contributed by atoms with van der Waals surface area (Å²) in [5, 5.41) is 2.10. The molecule has 0 aliphatic carbocycles. The highest BCUT2D eigenvalue weighted by Crippen LogP contribution is 2.28. The third-order valence-corrected chi connectivity index (χ3v) is 2.92. The van der Waals surface area contributed by atoms with Gasteiger partial charge in [-0.1, -0.05) is 15.9 Å². The van der Waals surface area contributed by atoms with E-state index in [9.17, 15) is 0 Å². The molecule has 1 aliphatic heterocycles. The molecular formula is C4H6BrS. The van der Waals surface area contributed by atoms with Gasteiger partial charge in [-0.2, -0.15) is 11.8 Å². The van der Waals surface area contributed by atoms with E-state index in [0.717, 1.165) is 5.92 Å². The quantitative estimate of drug-likeness (QED) is 0.573. The predicted octanol–water partition coefficient (Wildman–Crippen LogP) is 1.91. The first-order chi connectivity index (χ1) is 2.93. The first-order valence-electron chi connectivity index (χ1n) is 1.95. The molecule has 0 aromatic carbocycles. The van der Waals surface area contributed by atoms with Gasteiger partial charge in [0.1, 0.15) is 0 Å². The molecule has 1 fully saturated rings. The average Bonchev–Trinajstić information content (AvgIpc) is 1.31. The van der Waals surface area contributed by atoms with E-state index < -0.39 is 0 Å². The molecule has 0 nitrogen and oxygen atoms in total. The molecule has 0 aromatic rings. The van der Waals surface area contributed by atoms with Crippen LogP contribution in [0.4, 0.5) is 0 Å². The van der Waals surface area contributed by atoms with Crippen LogP contribution < -0.4 is 0 Å². The molecule has 35 valence electrons. The summed E-state index contributed by atoms with van der Waals surface area (Å²) in [5.74, 6) is 3.52. The van der Waals surface area contributed by atoms with Gasteiger partial charge in [0.05, 0.1) is 0 Å². The lowest BCUT2D eigenvalue weighted by atomic mass is 10.2. The molecule has 0 unspecified atom stereocenters. The third kappa shape index (κ3) is 0.909. The van der Waals surface area contributed by atoms with Gasteiger partial charge in [-0.25, -0.2) is 0 Å². The fourth-order valence-corrected chi connectivity index (χ4v) is 1.90. The Morgan fingerprint density at radius 1 is 1.67 bits per heavy atom. The average molecular weight is 166 g/mol. The molecule has 6 heavy (non-hydrogen) atoms. The summed E-state index contributed by atoms with van der Waals surface area (Å²) in [4.78, 5) is 0. The molecule has 0 bridgehead atoms. The van der Waals surface area contributed by atoms with E-state index in [1.807, 2.05) is 11.8 Å². The highest BCUT2D eigenvalue weighted by Gasteiger charge is 2.15. The molecule has 1 radical (unpaired) electrons. The Balaban J connectivity index is 2.01.